The van der Waals surface area contributed by atoms with Crippen molar-refractivity contribution in [1.29, 1.82) is 0 Å². The summed E-state index contributed by atoms with van der Waals surface area (Å²) >= 11 is 2.44. The number of hydrogen-bond donors (Lipinski definition) is 2. The summed E-state index contributed by atoms with van der Waals surface area (Å²) in [5.74, 6) is 1.97. The molecule has 0 aliphatic rings. The second-order valence-corrected chi connectivity index (χ2v) is 9.81. The lowest BCUT2D eigenvalue weighted by Gasteiger charge is -2.15. The summed E-state index contributed by atoms with van der Waals surface area (Å²) in [6.07, 6.45) is 0. The van der Waals surface area contributed by atoms with E-state index in [0.717, 1.165) is 21.3 Å². The predicted molar refractivity (Wildman–Crippen MR) is 138 cm³/mol. The molecule has 0 fully saturated rings. The van der Waals surface area contributed by atoms with Gasteiger partial charge in [-0.15, -0.1) is 22.7 Å². The van der Waals surface area contributed by atoms with E-state index in [1.165, 1.54) is 44.0 Å². The molecule has 0 spiro atoms. The van der Waals surface area contributed by atoms with Gasteiger partial charge in [0.1, 0.15) is 26.2 Å². The molecule has 2 aromatic heterocycles. The Bertz CT molecular complexity index is 1770. The molecule has 5 rings (SSSR count). The molecule has 0 aliphatic heterocycles. The van der Waals surface area contributed by atoms with Crippen LogP contribution in [-0.4, -0.2) is 38.4 Å². The van der Waals surface area contributed by atoms with Crippen molar-refractivity contribution in [2.45, 2.75) is 13.8 Å². The number of fused-ring (bicyclic) bond motifs is 4. The number of rotatable bonds is 4. The van der Waals surface area contributed by atoms with E-state index in [-0.39, 0.29) is 21.9 Å². The highest BCUT2D eigenvalue weighted by Crippen LogP contribution is 2.45. The zero-order valence-electron chi connectivity index (χ0n) is 19.4. The minimum Gasteiger partial charge on any atom is -0.495 e. The second-order valence-electron chi connectivity index (χ2n) is 7.77. The number of aromatic amines is 2. The lowest BCUT2D eigenvalue weighted by molar-refractivity contribution is 0.327. The largest absolute Gasteiger partial charge is 0.495 e. The zero-order chi connectivity index (χ0) is 24.3. The summed E-state index contributed by atoms with van der Waals surface area (Å²) in [5, 5.41) is 0. The summed E-state index contributed by atoms with van der Waals surface area (Å²) in [7, 11) is 6.16. The van der Waals surface area contributed by atoms with Crippen molar-refractivity contribution in [3.63, 3.8) is 0 Å². The molecule has 0 radical (unpaired) electrons. The van der Waals surface area contributed by atoms with Crippen LogP contribution in [0.15, 0.2) is 21.7 Å². The highest BCUT2D eigenvalue weighted by molar-refractivity contribution is 7.26. The maximum Gasteiger partial charge on any atom is 0.222 e. The Kier molecular flexibility index (Phi) is 5.29. The molecular formula is C24H22N2O6S2. The SMILES string of the molecule is COc1cc2[nH]c3c(=O)c4sc5c(OC)c(C)c(C)cc5[nH]c4c(=O)c3sc2c(OC)c1OC. The average Bonchev–Trinajstić information content (AvgIpc) is 2.85. The van der Waals surface area contributed by atoms with Crippen molar-refractivity contribution in [2.24, 2.45) is 0 Å². The van der Waals surface area contributed by atoms with Gasteiger partial charge in [-0.25, -0.2) is 0 Å². The van der Waals surface area contributed by atoms with Gasteiger partial charge in [0.2, 0.25) is 16.6 Å². The number of H-pyrrole nitrogens is 2. The topological polar surface area (TPSA) is 103 Å². The van der Waals surface area contributed by atoms with Gasteiger partial charge in [-0.3, -0.25) is 9.59 Å². The monoisotopic (exact) mass is 498 g/mol. The molecule has 2 heterocycles. The van der Waals surface area contributed by atoms with Crippen LogP contribution in [0.3, 0.4) is 0 Å². The molecule has 0 atom stereocenters. The lowest BCUT2D eigenvalue weighted by atomic mass is 10.1. The smallest absolute Gasteiger partial charge is 0.222 e. The van der Waals surface area contributed by atoms with Crippen LogP contribution < -0.4 is 29.8 Å². The summed E-state index contributed by atoms with van der Waals surface area (Å²) < 4.78 is 24.2. The van der Waals surface area contributed by atoms with Gasteiger partial charge in [0.25, 0.3) is 0 Å². The molecule has 0 unspecified atom stereocenters. The quantitative estimate of drug-likeness (QED) is 0.338. The first kappa shape index (κ1) is 22.3. The van der Waals surface area contributed by atoms with E-state index in [1.54, 1.807) is 13.2 Å². The van der Waals surface area contributed by atoms with Gasteiger partial charge in [0, 0.05) is 6.07 Å². The van der Waals surface area contributed by atoms with Crippen molar-refractivity contribution in [1.82, 2.24) is 9.97 Å². The molecule has 34 heavy (non-hydrogen) atoms. The Morgan fingerprint density at radius 2 is 1.15 bits per heavy atom. The van der Waals surface area contributed by atoms with Gasteiger partial charge in [0.05, 0.1) is 48.9 Å². The van der Waals surface area contributed by atoms with Gasteiger partial charge in [-0.05, 0) is 31.0 Å². The highest BCUT2D eigenvalue weighted by atomic mass is 32.1. The van der Waals surface area contributed by atoms with Crippen molar-refractivity contribution in [3.8, 4) is 23.0 Å². The van der Waals surface area contributed by atoms with Crippen LogP contribution in [0.25, 0.3) is 40.9 Å². The minimum atomic E-state index is -0.264. The Balaban J connectivity index is 1.98. The fraction of sp³-hybridized carbons (Fsp3) is 0.250. The number of benzene rings is 3. The summed E-state index contributed by atoms with van der Waals surface area (Å²) in [4.78, 5) is 33.6. The van der Waals surface area contributed by atoms with Gasteiger partial charge >= 0.3 is 0 Å². The number of aryl methyl sites for hydroxylation is 1. The molecule has 5 aromatic rings. The molecule has 0 saturated carbocycles. The highest BCUT2D eigenvalue weighted by Gasteiger charge is 2.21. The normalized spacial score (nSPS) is 11.5. The van der Waals surface area contributed by atoms with Gasteiger partial charge in [-0.1, -0.05) is 0 Å². The Labute approximate surface area is 201 Å². The molecule has 3 aromatic carbocycles. The summed E-state index contributed by atoms with van der Waals surface area (Å²) in [6, 6.07) is 3.69. The molecule has 0 aliphatic carbocycles. The maximum atomic E-state index is 13.6. The Hall–Kier alpha value is -3.50. The third-order valence-corrected chi connectivity index (χ3v) is 8.39. The molecule has 10 heteroatoms. The van der Waals surface area contributed by atoms with Crippen molar-refractivity contribution in [2.75, 3.05) is 28.4 Å². The zero-order valence-corrected chi connectivity index (χ0v) is 21.1. The van der Waals surface area contributed by atoms with E-state index in [9.17, 15) is 9.59 Å². The van der Waals surface area contributed by atoms with Crippen LogP contribution in [0.1, 0.15) is 11.1 Å². The molecule has 0 saturated heterocycles. The van der Waals surface area contributed by atoms with Crippen molar-refractivity contribution < 1.29 is 18.9 Å². The van der Waals surface area contributed by atoms with E-state index in [4.69, 9.17) is 18.9 Å². The van der Waals surface area contributed by atoms with Crippen LogP contribution >= 0.6 is 22.7 Å². The van der Waals surface area contributed by atoms with Crippen LogP contribution in [0.5, 0.6) is 23.0 Å². The van der Waals surface area contributed by atoms with E-state index in [0.29, 0.717) is 42.6 Å². The van der Waals surface area contributed by atoms with Gasteiger partial charge < -0.3 is 28.9 Å². The maximum absolute atomic E-state index is 13.6. The molecule has 176 valence electrons. The third-order valence-electron chi connectivity index (χ3n) is 5.98. The van der Waals surface area contributed by atoms with Crippen LogP contribution in [0.4, 0.5) is 0 Å². The van der Waals surface area contributed by atoms with Gasteiger partial charge in [-0.2, -0.15) is 0 Å². The fourth-order valence-corrected chi connectivity index (χ4v) is 6.51. The fourth-order valence-electron chi connectivity index (χ4n) is 4.18. The van der Waals surface area contributed by atoms with E-state index in [2.05, 4.69) is 9.97 Å². The van der Waals surface area contributed by atoms with Crippen LogP contribution in [0, 0.1) is 13.8 Å². The number of ether oxygens (including phenoxy) is 4. The molecule has 2 N–H and O–H groups in total. The molecule has 8 nitrogen and oxygen atoms in total. The average molecular weight is 499 g/mol. The second kappa shape index (κ2) is 8.07. The van der Waals surface area contributed by atoms with E-state index >= 15 is 0 Å². The minimum absolute atomic E-state index is 0.232. The van der Waals surface area contributed by atoms with Crippen molar-refractivity contribution in [3.05, 3.63) is 43.7 Å². The third kappa shape index (κ3) is 3.02. The number of aromatic nitrogens is 2. The molecular weight excluding hydrogens is 476 g/mol. The van der Waals surface area contributed by atoms with E-state index < -0.39 is 0 Å². The summed E-state index contributed by atoms with van der Waals surface area (Å²) in [5.41, 5.74) is 3.33. The van der Waals surface area contributed by atoms with Crippen molar-refractivity contribution >= 4 is 63.5 Å². The number of hydrogen-bond acceptors (Lipinski definition) is 8. The Morgan fingerprint density at radius 1 is 0.647 bits per heavy atom. The lowest BCUT2D eigenvalue weighted by Crippen LogP contribution is -2.14. The Morgan fingerprint density at radius 3 is 1.65 bits per heavy atom. The first-order chi connectivity index (χ1) is 16.3. The first-order valence-electron chi connectivity index (χ1n) is 10.3. The number of methoxy groups -OCH3 is 4. The standard InChI is InChI=1S/C24H22N2O6S2/c1-9-7-11-21(18(30-4)10(9)2)33-23-14(25-11)16(27)24-15(17(23)28)26-12-8-13(29-3)19(31-5)20(32-6)22(12)34-24/h7-8,25-26H,1-6H3. The molecule has 0 bridgehead atoms. The summed E-state index contributed by atoms with van der Waals surface area (Å²) in [6.45, 7) is 3.95. The number of nitrogens with one attached hydrogen (secondary N) is 2. The molecule has 0 amide bonds. The van der Waals surface area contributed by atoms with Gasteiger partial charge in [0.15, 0.2) is 11.5 Å². The van der Waals surface area contributed by atoms with Crippen LogP contribution in [-0.2, 0) is 0 Å². The first-order valence-corrected chi connectivity index (χ1v) is 12.0. The predicted octanol–water partition coefficient (Wildman–Crippen LogP) is 5.01. The van der Waals surface area contributed by atoms with Crippen LogP contribution in [0.2, 0.25) is 0 Å². The van der Waals surface area contributed by atoms with E-state index in [1.807, 2.05) is 19.9 Å².